The first kappa shape index (κ1) is 13.8. The normalized spacial score (nSPS) is 24.6. The molecule has 0 heterocycles. The Hall–Kier alpha value is -0.670. The standard InChI is InChI=1S/C15H23NOS/c1-17-13-7-5-8-14(10-13)18-15-9-4-2-3-6-12(15)11-16/h5,7-8,10,12,15H,2-4,6,9,11,16H2,1H3. The molecule has 1 aliphatic carbocycles. The van der Waals surface area contributed by atoms with Crippen molar-refractivity contribution in [3.8, 4) is 5.75 Å². The van der Waals surface area contributed by atoms with Crippen LogP contribution >= 0.6 is 11.8 Å². The highest BCUT2D eigenvalue weighted by Gasteiger charge is 2.23. The average molecular weight is 265 g/mol. The second-order valence-corrected chi connectivity index (χ2v) is 6.28. The van der Waals surface area contributed by atoms with Gasteiger partial charge in [0.2, 0.25) is 0 Å². The third-order valence-electron chi connectivity index (χ3n) is 3.72. The third kappa shape index (κ3) is 3.66. The number of ether oxygens (including phenoxy) is 1. The molecule has 0 saturated heterocycles. The summed E-state index contributed by atoms with van der Waals surface area (Å²) in [6, 6.07) is 8.36. The van der Waals surface area contributed by atoms with Crippen molar-refractivity contribution in [1.29, 1.82) is 0 Å². The quantitative estimate of drug-likeness (QED) is 0.843. The van der Waals surface area contributed by atoms with E-state index >= 15 is 0 Å². The molecule has 1 fully saturated rings. The monoisotopic (exact) mass is 265 g/mol. The average Bonchev–Trinajstić information content (AvgIpc) is 2.64. The Morgan fingerprint density at radius 2 is 2.11 bits per heavy atom. The largest absolute Gasteiger partial charge is 0.497 e. The Balaban J connectivity index is 2.05. The van der Waals surface area contributed by atoms with Gasteiger partial charge in [0.15, 0.2) is 0 Å². The molecule has 1 aromatic carbocycles. The molecule has 0 aromatic heterocycles. The molecular weight excluding hydrogens is 242 g/mol. The van der Waals surface area contributed by atoms with Crippen molar-refractivity contribution in [3.05, 3.63) is 24.3 Å². The maximum atomic E-state index is 5.93. The number of methoxy groups -OCH3 is 1. The molecule has 1 aliphatic rings. The number of nitrogens with two attached hydrogens (primary N) is 1. The molecule has 18 heavy (non-hydrogen) atoms. The number of rotatable bonds is 4. The van der Waals surface area contributed by atoms with Gasteiger partial charge in [-0.25, -0.2) is 0 Å². The van der Waals surface area contributed by atoms with E-state index < -0.39 is 0 Å². The van der Waals surface area contributed by atoms with Crippen LogP contribution in [0.2, 0.25) is 0 Å². The fourth-order valence-electron chi connectivity index (χ4n) is 2.62. The van der Waals surface area contributed by atoms with E-state index in [2.05, 4.69) is 18.2 Å². The summed E-state index contributed by atoms with van der Waals surface area (Å²) >= 11 is 1.98. The van der Waals surface area contributed by atoms with Crippen molar-refractivity contribution < 1.29 is 4.74 Å². The molecule has 2 rings (SSSR count). The lowest BCUT2D eigenvalue weighted by Gasteiger charge is -2.23. The predicted molar refractivity (Wildman–Crippen MR) is 78.3 cm³/mol. The summed E-state index contributed by atoms with van der Waals surface area (Å²) < 4.78 is 5.28. The molecule has 2 unspecified atom stereocenters. The van der Waals surface area contributed by atoms with Crippen LogP contribution < -0.4 is 10.5 Å². The molecule has 1 aromatic rings. The smallest absolute Gasteiger partial charge is 0.119 e. The number of benzene rings is 1. The highest BCUT2D eigenvalue weighted by Crippen LogP contribution is 2.37. The van der Waals surface area contributed by atoms with Crippen LogP contribution in [0.1, 0.15) is 32.1 Å². The SMILES string of the molecule is COc1cccc(SC2CCCCCC2CN)c1. The van der Waals surface area contributed by atoms with Gasteiger partial charge in [-0.05, 0) is 43.5 Å². The molecule has 2 N–H and O–H groups in total. The molecule has 0 radical (unpaired) electrons. The number of thioether (sulfide) groups is 1. The minimum absolute atomic E-state index is 0.670. The Labute approximate surface area is 114 Å². The van der Waals surface area contributed by atoms with Gasteiger partial charge in [-0.3, -0.25) is 0 Å². The van der Waals surface area contributed by atoms with Gasteiger partial charge >= 0.3 is 0 Å². The van der Waals surface area contributed by atoms with Crippen LogP contribution in [0.5, 0.6) is 5.75 Å². The van der Waals surface area contributed by atoms with Crippen molar-refractivity contribution in [1.82, 2.24) is 0 Å². The summed E-state index contributed by atoms with van der Waals surface area (Å²) in [7, 11) is 1.72. The lowest BCUT2D eigenvalue weighted by atomic mass is 10.0. The van der Waals surface area contributed by atoms with Crippen LogP contribution in [-0.4, -0.2) is 18.9 Å². The van der Waals surface area contributed by atoms with Gasteiger partial charge in [-0.1, -0.05) is 25.3 Å². The van der Waals surface area contributed by atoms with Crippen LogP contribution in [0, 0.1) is 5.92 Å². The fraction of sp³-hybridized carbons (Fsp3) is 0.600. The van der Waals surface area contributed by atoms with E-state index in [9.17, 15) is 0 Å². The topological polar surface area (TPSA) is 35.2 Å². The molecule has 0 aliphatic heterocycles. The minimum atomic E-state index is 0.670. The van der Waals surface area contributed by atoms with Crippen molar-refractivity contribution in [2.24, 2.45) is 11.7 Å². The molecule has 3 heteroatoms. The predicted octanol–water partition coefficient (Wildman–Crippen LogP) is 3.69. The van der Waals surface area contributed by atoms with Crippen LogP contribution in [-0.2, 0) is 0 Å². The Morgan fingerprint density at radius 3 is 2.89 bits per heavy atom. The summed E-state index contributed by atoms with van der Waals surface area (Å²) in [4.78, 5) is 1.31. The maximum absolute atomic E-state index is 5.93. The van der Waals surface area contributed by atoms with Crippen LogP contribution in [0.4, 0.5) is 0 Å². The molecule has 0 spiro atoms. The summed E-state index contributed by atoms with van der Waals surface area (Å²) in [6.07, 6.45) is 6.64. The van der Waals surface area contributed by atoms with E-state index in [-0.39, 0.29) is 0 Å². The summed E-state index contributed by atoms with van der Waals surface area (Å²) in [6.45, 7) is 0.821. The van der Waals surface area contributed by atoms with Crippen molar-refractivity contribution >= 4 is 11.8 Å². The van der Waals surface area contributed by atoms with E-state index in [4.69, 9.17) is 10.5 Å². The van der Waals surface area contributed by atoms with Gasteiger partial charge in [0, 0.05) is 10.1 Å². The highest BCUT2D eigenvalue weighted by atomic mass is 32.2. The van der Waals surface area contributed by atoms with Gasteiger partial charge in [0.25, 0.3) is 0 Å². The van der Waals surface area contributed by atoms with Crippen LogP contribution in [0.25, 0.3) is 0 Å². The fourth-order valence-corrected chi connectivity index (χ4v) is 4.04. The van der Waals surface area contributed by atoms with E-state index in [1.165, 1.54) is 37.0 Å². The Morgan fingerprint density at radius 1 is 1.28 bits per heavy atom. The lowest BCUT2D eigenvalue weighted by molar-refractivity contribution is 0.413. The van der Waals surface area contributed by atoms with E-state index in [0.29, 0.717) is 11.2 Å². The van der Waals surface area contributed by atoms with Crippen molar-refractivity contribution in [3.63, 3.8) is 0 Å². The Kier molecular flexibility index (Phi) is 5.39. The zero-order valence-electron chi connectivity index (χ0n) is 11.1. The van der Waals surface area contributed by atoms with Crippen LogP contribution in [0.15, 0.2) is 29.2 Å². The van der Waals surface area contributed by atoms with Crippen molar-refractivity contribution in [2.45, 2.75) is 42.2 Å². The molecule has 0 amide bonds. The second-order valence-electron chi connectivity index (χ2n) is 4.97. The number of hydrogen-bond donors (Lipinski definition) is 1. The zero-order valence-corrected chi connectivity index (χ0v) is 11.9. The molecular formula is C15H23NOS. The molecule has 1 saturated carbocycles. The first-order valence-corrected chi connectivity index (χ1v) is 7.72. The molecule has 100 valence electrons. The molecule has 2 atom stereocenters. The van der Waals surface area contributed by atoms with E-state index in [1.807, 2.05) is 17.8 Å². The first-order valence-electron chi connectivity index (χ1n) is 6.84. The molecule has 0 bridgehead atoms. The lowest BCUT2D eigenvalue weighted by Crippen LogP contribution is -2.24. The minimum Gasteiger partial charge on any atom is -0.497 e. The van der Waals surface area contributed by atoms with Gasteiger partial charge in [0.05, 0.1) is 7.11 Å². The first-order chi connectivity index (χ1) is 8.83. The van der Waals surface area contributed by atoms with Gasteiger partial charge < -0.3 is 10.5 Å². The van der Waals surface area contributed by atoms with Gasteiger partial charge in [-0.2, -0.15) is 0 Å². The second kappa shape index (κ2) is 7.05. The Bertz CT molecular complexity index is 369. The van der Waals surface area contributed by atoms with E-state index in [1.54, 1.807) is 7.11 Å². The maximum Gasteiger partial charge on any atom is 0.119 e. The van der Waals surface area contributed by atoms with Crippen LogP contribution in [0.3, 0.4) is 0 Å². The third-order valence-corrected chi connectivity index (χ3v) is 5.17. The van der Waals surface area contributed by atoms with Gasteiger partial charge in [0.1, 0.15) is 5.75 Å². The highest BCUT2D eigenvalue weighted by molar-refractivity contribution is 8.00. The van der Waals surface area contributed by atoms with E-state index in [0.717, 1.165) is 12.3 Å². The molecule has 2 nitrogen and oxygen atoms in total. The number of hydrogen-bond acceptors (Lipinski definition) is 3. The van der Waals surface area contributed by atoms with Crippen molar-refractivity contribution in [2.75, 3.05) is 13.7 Å². The van der Waals surface area contributed by atoms with Gasteiger partial charge in [-0.15, -0.1) is 11.8 Å². The summed E-state index contributed by atoms with van der Waals surface area (Å²) in [5.41, 5.74) is 5.93. The summed E-state index contributed by atoms with van der Waals surface area (Å²) in [5.74, 6) is 1.61. The zero-order chi connectivity index (χ0) is 12.8. The summed E-state index contributed by atoms with van der Waals surface area (Å²) in [5, 5.41) is 0.671.